The Morgan fingerprint density at radius 2 is 1.94 bits per heavy atom. The highest BCUT2D eigenvalue weighted by atomic mass is 32.2. The molecule has 3 aromatic rings. The van der Waals surface area contributed by atoms with Gasteiger partial charge in [0.25, 0.3) is 5.91 Å². The second-order valence-corrected chi connectivity index (χ2v) is 11.3. The van der Waals surface area contributed by atoms with Gasteiger partial charge in [0.05, 0.1) is 21.7 Å². The molecule has 0 radical (unpaired) electrons. The van der Waals surface area contributed by atoms with Crippen molar-refractivity contribution >= 4 is 37.5 Å². The molecule has 1 aromatic heterocycles. The lowest BCUT2D eigenvalue weighted by Gasteiger charge is -2.32. The lowest BCUT2D eigenvalue weighted by molar-refractivity contribution is 0.0997. The molecule has 1 atom stereocenters. The number of hydrogen-bond acceptors (Lipinski definition) is 5. The average molecular weight is 488 g/mol. The molecule has 1 unspecified atom stereocenters. The third kappa shape index (κ3) is 4.96. The number of fused-ring (bicyclic) bond motifs is 1. The Labute approximate surface area is 198 Å². The topological polar surface area (TPSA) is 81.0 Å². The van der Waals surface area contributed by atoms with E-state index >= 15 is 0 Å². The lowest BCUT2D eigenvalue weighted by atomic mass is 10.1. The smallest absolute Gasteiger partial charge is 0.279 e. The second-order valence-electron chi connectivity index (χ2n) is 8.40. The normalized spacial score (nSPS) is 18.2. The summed E-state index contributed by atoms with van der Waals surface area (Å²) in [4.78, 5) is 18.1. The molecule has 33 heavy (non-hydrogen) atoms. The number of carbonyl (C=O) groups excluding carboxylic acids is 1. The van der Waals surface area contributed by atoms with Crippen LogP contribution in [-0.4, -0.2) is 49.5 Å². The number of aryl methyl sites for hydroxylation is 1. The molecule has 2 aromatic carbocycles. The van der Waals surface area contributed by atoms with E-state index in [1.165, 1.54) is 23.5 Å². The molecule has 1 amide bonds. The van der Waals surface area contributed by atoms with E-state index in [0.717, 1.165) is 35.0 Å². The van der Waals surface area contributed by atoms with Gasteiger partial charge in [-0.1, -0.05) is 23.8 Å². The van der Waals surface area contributed by atoms with E-state index in [1.807, 2.05) is 30.5 Å². The molecule has 1 saturated heterocycles. The van der Waals surface area contributed by atoms with E-state index in [2.05, 4.69) is 11.1 Å². The van der Waals surface area contributed by atoms with Gasteiger partial charge in [0.1, 0.15) is 0 Å². The van der Waals surface area contributed by atoms with Crippen molar-refractivity contribution in [1.29, 1.82) is 0 Å². The van der Waals surface area contributed by atoms with Crippen LogP contribution in [0.3, 0.4) is 0 Å². The molecule has 176 valence electrons. The number of hydrogen-bond donors (Lipinski definition) is 0. The van der Waals surface area contributed by atoms with Gasteiger partial charge in [0, 0.05) is 31.8 Å². The summed E-state index contributed by atoms with van der Waals surface area (Å²) < 4.78 is 35.9. The van der Waals surface area contributed by atoms with Gasteiger partial charge in [-0.25, -0.2) is 8.42 Å². The molecule has 1 aliphatic rings. The van der Waals surface area contributed by atoms with E-state index in [1.54, 1.807) is 23.5 Å². The molecule has 1 aliphatic heterocycles. The van der Waals surface area contributed by atoms with Gasteiger partial charge in [0.2, 0.25) is 10.0 Å². The number of rotatable bonds is 6. The summed E-state index contributed by atoms with van der Waals surface area (Å²) in [7, 11) is -1.94. The van der Waals surface area contributed by atoms with Crippen molar-refractivity contribution in [2.45, 2.75) is 50.6 Å². The van der Waals surface area contributed by atoms with Crippen LogP contribution < -0.4 is 4.80 Å². The largest absolute Gasteiger partial charge is 0.383 e. The van der Waals surface area contributed by atoms with E-state index in [-0.39, 0.29) is 10.9 Å². The van der Waals surface area contributed by atoms with Gasteiger partial charge in [-0.3, -0.25) is 4.79 Å². The van der Waals surface area contributed by atoms with Crippen LogP contribution >= 0.6 is 11.3 Å². The van der Waals surface area contributed by atoms with Gasteiger partial charge < -0.3 is 9.30 Å². The number of ether oxygens (including phenoxy) is 1. The zero-order valence-corrected chi connectivity index (χ0v) is 20.8. The summed E-state index contributed by atoms with van der Waals surface area (Å²) >= 11 is 1.46. The summed E-state index contributed by atoms with van der Waals surface area (Å²) in [6.07, 6.45) is 2.78. The lowest BCUT2D eigenvalue weighted by Crippen LogP contribution is -2.41. The van der Waals surface area contributed by atoms with Crippen LogP contribution in [0.4, 0.5) is 0 Å². The molecule has 0 spiro atoms. The average Bonchev–Trinajstić information content (AvgIpc) is 3.13. The minimum Gasteiger partial charge on any atom is -0.383 e. The highest BCUT2D eigenvalue weighted by Gasteiger charge is 2.30. The number of carbonyl (C=O) groups is 1. The minimum atomic E-state index is -3.58. The number of thiazole rings is 1. The maximum Gasteiger partial charge on any atom is 0.279 e. The van der Waals surface area contributed by atoms with Crippen LogP contribution in [0.1, 0.15) is 42.1 Å². The van der Waals surface area contributed by atoms with Crippen molar-refractivity contribution in [1.82, 2.24) is 8.87 Å². The molecule has 7 nitrogen and oxygen atoms in total. The molecule has 0 bridgehead atoms. The second kappa shape index (κ2) is 9.89. The van der Waals surface area contributed by atoms with Gasteiger partial charge in [-0.15, -0.1) is 0 Å². The third-order valence-electron chi connectivity index (χ3n) is 6.00. The van der Waals surface area contributed by atoms with Gasteiger partial charge >= 0.3 is 0 Å². The Morgan fingerprint density at radius 1 is 1.18 bits per heavy atom. The Kier molecular flexibility index (Phi) is 7.13. The highest BCUT2D eigenvalue weighted by Crippen LogP contribution is 2.25. The standard InChI is InChI=1S/C24H29N3O4S2/c1-17-7-12-21-22(16-17)32-24(26(21)14-15-31-3)25-23(28)19-8-10-20(11-9-19)33(29,30)27-13-5-4-6-18(27)2/h7-12,16,18H,4-6,13-15H2,1-3H3. The summed E-state index contributed by atoms with van der Waals surface area (Å²) in [5.41, 5.74) is 2.50. The minimum absolute atomic E-state index is 0.0146. The number of nitrogens with zero attached hydrogens (tertiary/aromatic N) is 3. The van der Waals surface area contributed by atoms with E-state index in [4.69, 9.17) is 4.74 Å². The number of aromatic nitrogens is 1. The number of piperidine rings is 1. The first kappa shape index (κ1) is 23.8. The van der Waals surface area contributed by atoms with E-state index in [0.29, 0.717) is 30.1 Å². The Balaban J connectivity index is 1.64. The molecule has 0 aliphatic carbocycles. The fourth-order valence-corrected chi connectivity index (χ4v) is 7.00. The van der Waals surface area contributed by atoms with Crippen molar-refractivity contribution in [3.05, 3.63) is 58.4 Å². The first-order valence-electron chi connectivity index (χ1n) is 11.1. The number of sulfonamides is 1. The van der Waals surface area contributed by atoms with Gasteiger partial charge in [-0.05, 0) is 68.7 Å². The summed E-state index contributed by atoms with van der Waals surface area (Å²) in [6, 6.07) is 12.2. The summed E-state index contributed by atoms with van der Waals surface area (Å²) in [5.74, 6) is -0.403. The van der Waals surface area contributed by atoms with Crippen LogP contribution in [-0.2, 0) is 21.3 Å². The zero-order chi connectivity index (χ0) is 23.6. The number of amides is 1. The fraction of sp³-hybridized carbons (Fsp3) is 0.417. The maximum absolute atomic E-state index is 13.0. The van der Waals surface area contributed by atoms with Crippen molar-refractivity contribution in [3.8, 4) is 0 Å². The maximum atomic E-state index is 13.0. The third-order valence-corrected chi connectivity index (χ3v) is 9.07. The monoisotopic (exact) mass is 487 g/mol. The predicted molar refractivity (Wildman–Crippen MR) is 130 cm³/mol. The van der Waals surface area contributed by atoms with Crippen LogP contribution in [0.2, 0.25) is 0 Å². The highest BCUT2D eigenvalue weighted by molar-refractivity contribution is 7.89. The number of benzene rings is 2. The zero-order valence-electron chi connectivity index (χ0n) is 19.2. The fourth-order valence-electron chi connectivity index (χ4n) is 4.15. The SMILES string of the molecule is COCCn1c(=NC(=O)c2ccc(S(=O)(=O)N3CCCCC3C)cc2)sc2cc(C)ccc21. The van der Waals surface area contributed by atoms with Crippen molar-refractivity contribution in [2.24, 2.45) is 4.99 Å². The Hall–Kier alpha value is -2.33. The molecule has 9 heteroatoms. The molecule has 2 heterocycles. The van der Waals surface area contributed by atoms with Gasteiger partial charge in [-0.2, -0.15) is 9.30 Å². The molecular weight excluding hydrogens is 458 g/mol. The van der Waals surface area contributed by atoms with E-state index < -0.39 is 15.9 Å². The van der Waals surface area contributed by atoms with Gasteiger partial charge in [0.15, 0.2) is 4.80 Å². The molecule has 0 saturated carbocycles. The van der Waals surface area contributed by atoms with Crippen molar-refractivity contribution in [3.63, 3.8) is 0 Å². The Bertz CT molecular complexity index is 1320. The molecule has 0 N–H and O–H groups in total. The van der Waals surface area contributed by atoms with Crippen molar-refractivity contribution in [2.75, 3.05) is 20.3 Å². The van der Waals surface area contributed by atoms with Crippen LogP contribution in [0.5, 0.6) is 0 Å². The summed E-state index contributed by atoms with van der Waals surface area (Å²) in [5, 5.41) is 0. The quantitative estimate of drug-likeness (QED) is 0.527. The molecule has 4 rings (SSSR count). The van der Waals surface area contributed by atoms with Crippen LogP contribution in [0.15, 0.2) is 52.4 Å². The number of methoxy groups -OCH3 is 1. The van der Waals surface area contributed by atoms with E-state index in [9.17, 15) is 13.2 Å². The predicted octanol–water partition coefficient (Wildman–Crippen LogP) is 3.96. The van der Waals surface area contributed by atoms with Crippen LogP contribution in [0.25, 0.3) is 10.2 Å². The van der Waals surface area contributed by atoms with Crippen LogP contribution in [0, 0.1) is 6.92 Å². The first-order valence-corrected chi connectivity index (χ1v) is 13.4. The first-order chi connectivity index (χ1) is 15.8. The summed E-state index contributed by atoms with van der Waals surface area (Å²) in [6.45, 7) is 5.59. The van der Waals surface area contributed by atoms with Crippen molar-refractivity contribution < 1.29 is 17.9 Å². The Morgan fingerprint density at radius 3 is 2.64 bits per heavy atom. The molecular formula is C24H29N3O4S2. The molecule has 1 fully saturated rings.